The van der Waals surface area contributed by atoms with Gasteiger partial charge in [-0.25, -0.2) is 0 Å². The molecule has 0 aromatic heterocycles. The molecule has 10 aromatic carbocycles. The molecule has 0 saturated carbocycles. The lowest BCUT2D eigenvalue weighted by Gasteiger charge is -2.26. The molecule has 10 aromatic rings. The van der Waals surface area contributed by atoms with E-state index in [2.05, 4.69) is 205 Å². The van der Waals surface area contributed by atoms with Gasteiger partial charge in [0.05, 0.1) is 0 Å². The second-order valence-corrected chi connectivity index (χ2v) is 13.2. The predicted octanol–water partition coefficient (Wildman–Crippen LogP) is 14.4. The molecule has 51 heavy (non-hydrogen) atoms. The van der Waals surface area contributed by atoms with Crippen LogP contribution in [0.15, 0.2) is 200 Å². The van der Waals surface area contributed by atoms with Gasteiger partial charge in [-0.05, 0) is 112 Å². The number of hydrogen-bond acceptors (Lipinski definition) is 1. The molecule has 0 radical (unpaired) electrons. The van der Waals surface area contributed by atoms with Crippen molar-refractivity contribution in [3.63, 3.8) is 0 Å². The predicted molar refractivity (Wildman–Crippen MR) is 221 cm³/mol. The Morgan fingerprint density at radius 3 is 0.843 bits per heavy atom. The Kier molecular flexibility index (Phi) is 6.89. The van der Waals surface area contributed by atoms with Gasteiger partial charge in [0.15, 0.2) is 0 Å². The molecule has 0 aliphatic heterocycles. The highest BCUT2D eigenvalue weighted by molar-refractivity contribution is 6.38. The largest absolute Gasteiger partial charge is 0.310 e. The maximum atomic E-state index is 2.43. The summed E-state index contributed by atoms with van der Waals surface area (Å²) >= 11 is 0. The van der Waals surface area contributed by atoms with Crippen molar-refractivity contribution in [1.82, 2.24) is 0 Å². The Morgan fingerprint density at radius 1 is 0.196 bits per heavy atom. The first-order valence-corrected chi connectivity index (χ1v) is 17.6. The van der Waals surface area contributed by atoms with Gasteiger partial charge in [-0.1, -0.05) is 164 Å². The van der Waals surface area contributed by atoms with Crippen molar-refractivity contribution in [2.24, 2.45) is 0 Å². The van der Waals surface area contributed by atoms with E-state index in [9.17, 15) is 0 Å². The second kappa shape index (κ2) is 12.0. The highest BCUT2D eigenvalue weighted by atomic mass is 15.1. The van der Waals surface area contributed by atoms with Crippen molar-refractivity contribution < 1.29 is 0 Å². The summed E-state index contributed by atoms with van der Waals surface area (Å²) < 4.78 is 0. The quantitative estimate of drug-likeness (QED) is 0.173. The minimum Gasteiger partial charge on any atom is -0.310 e. The summed E-state index contributed by atoms with van der Waals surface area (Å²) in [4.78, 5) is 2.37. The molecule has 0 saturated heterocycles. The molecule has 0 aliphatic rings. The monoisotopic (exact) mass is 647 g/mol. The van der Waals surface area contributed by atoms with Crippen LogP contribution in [0.1, 0.15) is 0 Å². The lowest BCUT2D eigenvalue weighted by Crippen LogP contribution is -2.09. The molecule has 0 heterocycles. The Balaban J connectivity index is 1.55. The van der Waals surface area contributed by atoms with Crippen LogP contribution in [0.3, 0.4) is 0 Å². The summed E-state index contributed by atoms with van der Waals surface area (Å²) in [5.74, 6) is 0. The number of para-hydroxylation sites is 2. The number of benzene rings is 9. The zero-order chi connectivity index (χ0) is 33.7. The van der Waals surface area contributed by atoms with Gasteiger partial charge in [-0.15, -0.1) is 0 Å². The molecule has 0 atom stereocenters. The lowest BCUT2D eigenvalue weighted by molar-refractivity contribution is 1.29. The summed E-state index contributed by atoms with van der Waals surface area (Å²) in [5, 5.41) is 17.4. The first-order valence-electron chi connectivity index (χ1n) is 17.6. The van der Waals surface area contributed by atoms with E-state index in [4.69, 9.17) is 0 Å². The van der Waals surface area contributed by atoms with Crippen molar-refractivity contribution in [2.45, 2.75) is 0 Å². The summed E-state index contributed by atoms with van der Waals surface area (Å²) in [6, 6.07) is 73.3. The summed E-state index contributed by atoms with van der Waals surface area (Å²) in [5.41, 5.74) is 3.34. The van der Waals surface area contributed by atoms with E-state index in [0.29, 0.717) is 0 Å². The number of rotatable bonds is 3. The molecule has 10 rings (SSSR count). The average Bonchev–Trinajstić information content (AvgIpc) is 3.21. The van der Waals surface area contributed by atoms with Gasteiger partial charge in [0, 0.05) is 17.1 Å². The number of anilines is 3. The molecule has 0 bridgehead atoms. The zero-order valence-electron chi connectivity index (χ0n) is 28.0. The molecule has 238 valence electrons. The third kappa shape index (κ3) is 4.70. The van der Waals surface area contributed by atoms with Crippen molar-refractivity contribution in [1.29, 1.82) is 0 Å². The van der Waals surface area contributed by atoms with Gasteiger partial charge < -0.3 is 4.90 Å². The Labute approximate surface area is 296 Å². The third-order valence-corrected chi connectivity index (χ3v) is 10.4. The number of nitrogens with zero attached hydrogens (tertiary/aromatic N) is 1. The maximum absolute atomic E-state index is 2.43. The molecule has 1 heteroatoms. The third-order valence-electron chi connectivity index (χ3n) is 10.4. The van der Waals surface area contributed by atoms with E-state index in [0.717, 1.165) is 17.1 Å². The highest BCUT2D eigenvalue weighted by Crippen LogP contribution is 2.44. The van der Waals surface area contributed by atoms with E-state index in [1.165, 1.54) is 75.4 Å². The van der Waals surface area contributed by atoms with Crippen molar-refractivity contribution in [3.8, 4) is 0 Å². The fraction of sp³-hybridized carbons (Fsp3) is 0. The van der Waals surface area contributed by atoms with Gasteiger partial charge in [0.2, 0.25) is 0 Å². The van der Waals surface area contributed by atoms with Crippen LogP contribution in [0.2, 0.25) is 0 Å². The van der Waals surface area contributed by atoms with E-state index in [-0.39, 0.29) is 0 Å². The van der Waals surface area contributed by atoms with Crippen LogP contribution in [0.5, 0.6) is 0 Å². The van der Waals surface area contributed by atoms with Crippen LogP contribution in [0.4, 0.5) is 17.1 Å². The van der Waals surface area contributed by atoms with Gasteiger partial charge >= 0.3 is 0 Å². The minimum atomic E-state index is 1.11. The summed E-state index contributed by atoms with van der Waals surface area (Å²) in [6.45, 7) is 0. The van der Waals surface area contributed by atoms with Crippen molar-refractivity contribution >= 4 is 92.5 Å². The molecule has 0 N–H and O–H groups in total. The van der Waals surface area contributed by atoms with E-state index >= 15 is 0 Å². The first kappa shape index (κ1) is 29.2. The van der Waals surface area contributed by atoms with E-state index in [1.807, 2.05) is 0 Å². The molecule has 0 amide bonds. The van der Waals surface area contributed by atoms with Crippen LogP contribution >= 0.6 is 0 Å². The SMILES string of the molecule is c1ccc(N(c2ccccc2)c2ccc3c4ccccc4c4ccccc4c4ccccc4c4c5ccccc5c5ccccc5c4c3c2)cc1. The summed E-state index contributed by atoms with van der Waals surface area (Å²) in [7, 11) is 0. The highest BCUT2D eigenvalue weighted by Gasteiger charge is 2.17. The first-order chi connectivity index (χ1) is 25.3. The van der Waals surface area contributed by atoms with Gasteiger partial charge in [0.25, 0.3) is 0 Å². The standard InChI is InChI=1S/C50H33N/c1-3-17-34(18-4-1)51(35-19-5-2-6-20-35)36-31-32-44-40-24-10-8-22-38(40)37-21-7-9-23-39(37)41-25-11-14-28-45(41)49-46-29-15-12-26-42(46)43-27-13-16-30-47(43)50(49)48(44)33-36/h1-33H. The fourth-order valence-electron chi connectivity index (χ4n) is 8.26. The second-order valence-electron chi connectivity index (χ2n) is 13.2. The number of fused-ring (bicyclic) bond motifs is 15. The van der Waals surface area contributed by atoms with Gasteiger partial charge in [-0.2, -0.15) is 0 Å². The van der Waals surface area contributed by atoms with E-state index < -0.39 is 0 Å². The normalized spacial score (nSPS) is 11.5. The Morgan fingerprint density at radius 2 is 0.471 bits per heavy atom. The van der Waals surface area contributed by atoms with Gasteiger partial charge in [0.1, 0.15) is 0 Å². The van der Waals surface area contributed by atoms with Crippen LogP contribution in [-0.2, 0) is 0 Å². The van der Waals surface area contributed by atoms with Crippen LogP contribution in [-0.4, -0.2) is 0 Å². The maximum Gasteiger partial charge on any atom is 0.0468 e. The van der Waals surface area contributed by atoms with Gasteiger partial charge in [-0.3, -0.25) is 0 Å². The zero-order valence-corrected chi connectivity index (χ0v) is 28.0. The Hall–Kier alpha value is -6.70. The minimum absolute atomic E-state index is 1.11. The molecular weight excluding hydrogens is 615 g/mol. The molecule has 0 aliphatic carbocycles. The van der Waals surface area contributed by atoms with Crippen LogP contribution in [0.25, 0.3) is 75.4 Å². The molecule has 1 nitrogen and oxygen atoms in total. The lowest BCUT2D eigenvalue weighted by atomic mass is 9.88. The number of hydrogen-bond donors (Lipinski definition) is 0. The van der Waals surface area contributed by atoms with Crippen LogP contribution in [0, 0.1) is 0 Å². The Bertz CT molecular complexity index is 2980. The van der Waals surface area contributed by atoms with E-state index in [1.54, 1.807) is 0 Å². The molecule has 0 fully saturated rings. The average molecular weight is 648 g/mol. The summed E-state index contributed by atoms with van der Waals surface area (Å²) in [6.07, 6.45) is 0. The topological polar surface area (TPSA) is 3.24 Å². The van der Waals surface area contributed by atoms with Crippen molar-refractivity contribution in [2.75, 3.05) is 4.90 Å². The molecule has 0 unspecified atom stereocenters. The molecular formula is C50H33N. The van der Waals surface area contributed by atoms with Crippen LogP contribution < -0.4 is 4.90 Å². The fourth-order valence-corrected chi connectivity index (χ4v) is 8.26. The van der Waals surface area contributed by atoms with Crippen molar-refractivity contribution in [3.05, 3.63) is 200 Å². The smallest absolute Gasteiger partial charge is 0.0468 e. The molecule has 0 spiro atoms.